The van der Waals surface area contributed by atoms with Gasteiger partial charge in [-0.25, -0.2) is 4.68 Å². The smallest absolute Gasteiger partial charge is 0.211 e. The number of carbonyl (C=O) groups excluding carboxylic acids is 1. The quantitative estimate of drug-likeness (QED) is 0.446. The molecule has 0 saturated carbocycles. The molecular formula is C24H24N2O3. The molecule has 0 unspecified atom stereocenters. The molecule has 1 aliphatic rings. The van der Waals surface area contributed by atoms with Crippen molar-refractivity contribution < 1.29 is 14.3 Å². The van der Waals surface area contributed by atoms with Crippen LogP contribution in [0.15, 0.2) is 60.9 Å². The Balaban J connectivity index is 1.69. The molecule has 5 nitrogen and oxygen atoms in total. The number of rotatable bonds is 6. The molecule has 0 bridgehead atoms. The van der Waals surface area contributed by atoms with Crippen LogP contribution in [0.1, 0.15) is 42.3 Å². The molecule has 4 rings (SSSR count). The average Bonchev–Trinajstić information content (AvgIpc) is 3.32. The van der Waals surface area contributed by atoms with E-state index in [0.29, 0.717) is 17.9 Å². The number of fused-ring (bicyclic) bond motifs is 1. The van der Waals surface area contributed by atoms with E-state index in [0.717, 1.165) is 29.0 Å². The summed E-state index contributed by atoms with van der Waals surface area (Å²) in [5, 5.41) is 4.28. The van der Waals surface area contributed by atoms with E-state index >= 15 is 0 Å². The zero-order valence-electron chi connectivity index (χ0n) is 16.9. The van der Waals surface area contributed by atoms with Gasteiger partial charge in [0.15, 0.2) is 0 Å². The van der Waals surface area contributed by atoms with Crippen molar-refractivity contribution in [3.63, 3.8) is 0 Å². The molecule has 1 aromatic heterocycles. The Bertz CT molecular complexity index is 1050. The van der Waals surface area contributed by atoms with Crippen LogP contribution in [0.3, 0.4) is 0 Å². The first-order chi connectivity index (χ1) is 13.9. The highest BCUT2D eigenvalue weighted by Crippen LogP contribution is 2.35. The normalized spacial score (nSPS) is 14.9. The van der Waals surface area contributed by atoms with Gasteiger partial charge in [0.1, 0.15) is 22.8 Å². The molecule has 0 amide bonds. The molecule has 29 heavy (non-hydrogen) atoms. The number of ether oxygens (including phenoxy) is 2. The third-order valence-electron chi connectivity index (χ3n) is 4.80. The van der Waals surface area contributed by atoms with Crippen molar-refractivity contribution >= 4 is 17.6 Å². The predicted octanol–water partition coefficient (Wildman–Crippen LogP) is 4.88. The van der Waals surface area contributed by atoms with E-state index in [-0.39, 0.29) is 11.4 Å². The summed E-state index contributed by atoms with van der Waals surface area (Å²) in [5.74, 6) is 1.57. The molecule has 148 valence electrons. The number of aromatic nitrogens is 2. The maximum Gasteiger partial charge on any atom is 0.211 e. The first kappa shape index (κ1) is 19.0. The first-order valence-electron chi connectivity index (χ1n) is 9.76. The van der Waals surface area contributed by atoms with Crippen LogP contribution in [0.25, 0.3) is 11.8 Å². The Kier molecular flexibility index (Phi) is 4.97. The molecular weight excluding hydrogens is 364 g/mol. The summed E-state index contributed by atoms with van der Waals surface area (Å²) >= 11 is 0. The number of Topliss-reactive ketones (excluding diaryl/α,β-unsaturated/α-hetero) is 1. The molecule has 0 N–H and O–H groups in total. The summed E-state index contributed by atoms with van der Waals surface area (Å²) in [5.41, 5.74) is 2.82. The van der Waals surface area contributed by atoms with Crippen molar-refractivity contribution in [2.24, 2.45) is 0 Å². The van der Waals surface area contributed by atoms with Crippen LogP contribution in [-0.2, 0) is 6.42 Å². The largest absolute Gasteiger partial charge is 0.494 e. The number of hydrogen-bond acceptors (Lipinski definition) is 4. The summed E-state index contributed by atoms with van der Waals surface area (Å²) in [6.07, 6.45) is 6.07. The van der Waals surface area contributed by atoms with E-state index < -0.39 is 0 Å². The van der Waals surface area contributed by atoms with Crippen molar-refractivity contribution in [1.29, 1.82) is 0 Å². The molecule has 5 heteroatoms. The zero-order chi connectivity index (χ0) is 20.4. The molecule has 0 aliphatic carbocycles. The molecule has 3 aromatic rings. The number of ketones is 1. The van der Waals surface area contributed by atoms with Gasteiger partial charge in [0.05, 0.1) is 6.61 Å². The predicted molar refractivity (Wildman–Crippen MR) is 113 cm³/mol. The molecule has 0 spiro atoms. The third kappa shape index (κ3) is 4.09. The van der Waals surface area contributed by atoms with Gasteiger partial charge >= 0.3 is 0 Å². The van der Waals surface area contributed by atoms with Gasteiger partial charge in [-0.05, 0) is 74.4 Å². The second kappa shape index (κ2) is 7.59. The van der Waals surface area contributed by atoms with Crippen molar-refractivity contribution in [2.75, 3.05) is 6.61 Å². The number of benzene rings is 2. The maximum atomic E-state index is 13.4. The first-order valence-corrected chi connectivity index (χ1v) is 9.76. The highest BCUT2D eigenvalue weighted by molar-refractivity contribution is 6.27. The van der Waals surface area contributed by atoms with Crippen molar-refractivity contribution in [3.8, 4) is 11.5 Å². The van der Waals surface area contributed by atoms with E-state index in [2.05, 4.69) is 18.9 Å². The summed E-state index contributed by atoms with van der Waals surface area (Å²) in [6.45, 7) is 6.67. The number of hydrogen-bond donors (Lipinski definition) is 0. The lowest BCUT2D eigenvalue weighted by Crippen LogP contribution is -2.24. The van der Waals surface area contributed by atoms with Gasteiger partial charge in [-0.15, -0.1) is 0 Å². The Morgan fingerprint density at radius 2 is 2.03 bits per heavy atom. The average molecular weight is 388 g/mol. The van der Waals surface area contributed by atoms with Gasteiger partial charge in [-0.2, -0.15) is 5.10 Å². The van der Waals surface area contributed by atoms with Gasteiger partial charge < -0.3 is 9.47 Å². The fourth-order valence-electron chi connectivity index (χ4n) is 3.53. The van der Waals surface area contributed by atoms with Crippen LogP contribution in [0.5, 0.6) is 11.5 Å². The zero-order valence-corrected chi connectivity index (χ0v) is 16.9. The van der Waals surface area contributed by atoms with Crippen LogP contribution in [0.2, 0.25) is 0 Å². The SMILES string of the molecule is CCOc1ccc(C=C(C(=O)c2ccc3c(c2)CC(C)(C)O3)n2cccn2)cc1. The minimum Gasteiger partial charge on any atom is -0.494 e. The van der Waals surface area contributed by atoms with Crippen LogP contribution < -0.4 is 9.47 Å². The van der Waals surface area contributed by atoms with Gasteiger partial charge in [0, 0.05) is 24.4 Å². The fraction of sp³-hybridized carbons (Fsp3) is 0.250. The third-order valence-corrected chi connectivity index (χ3v) is 4.80. The molecule has 2 aromatic carbocycles. The van der Waals surface area contributed by atoms with Gasteiger partial charge in [0.2, 0.25) is 5.78 Å². The van der Waals surface area contributed by atoms with E-state index in [1.165, 1.54) is 0 Å². The Morgan fingerprint density at radius 1 is 1.24 bits per heavy atom. The second-order valence-electron chi connectivity index (χ2n) is 7.67. The Morgan fingerprint density at radius 3 is 2.72 bits per heavy atom. The molecule has 0 radical (unpaired) electrons. The van der Waals surface area contributed by atoms with Crippen LogP contribution >= 0.6 is 0 Å². The molecule has 0 fully saturated rings. The van der Waals surface area contributed by atoms with Crippen LogP contribution in [0.4, 0.5) is 0 Å². The summed E-state index contributed by atoms with van der Waals surface area (Å²) in [7, 11) is 0. The Hall–Kier alpha value is -3.34. The van der Waals surface area contributed by atoms with E-state index in [1.807, 2.05) is 55.5 Å². The van der Waals surface area contributed by atoms with Crippen LogP contribution in [0, 0.1) is 0 Å². The summed E-state index contributed by atoms with van der Waals surface area (Å²) in [6, 6.07) is 15.1. The van der Waals surface area contributed by atoms with E-state index in [1.54, 1.807) is 23.1 Å². The van der Waals surface area contributed by atoms with Gasteiger partial charge in [-0.3, -0.25) is 4.79 Å². The highest BCUT2D eigenvalue weighted by atomic mass is 16.5. The molecule has 1 aliphatic heterocycles. The van der Waals surface area contributed by atoms with Crippen LogP contribution in [-0.4, -0.2) is 27.8 Å². The monoisotopic (exact) mass is 388 g/mol. The summed E-state index contributed by atoms with van der Waals surface area (Å²) < 4.78 is 13.0. The Labute approximate surface area is 170 Å². The van der Waals surface area contributed by atoms with E-state index in [9.17, 15) is 4.79 Å². The molecule has 2 heterocycles. The maximum absolute atomic E-state index is 13.4. The lowest BCUT2D eigenvalue weighted by molar-refractivity contribution is 0.105. The van der Waals surface area contributed by atoms with Gasteiger partial charge in [-0.1, -0.05) is 12.1 Å². The minimum atomic E-state index is -0.243. The molecule has 0 atom stereocenters. The topological polar surface area (TPSA) is 53.4 Å². The summed E-state index contributed by atoms with van der Waals surface area (Å²) in [4.78, 5) is 13.4. The standard InChI is InChI=1S/C24H24N2O3/c1-4-28-20-9-6-17(7-10-20)14-21(26-13-5-12-25-26)23(27)18-8-11-22-19(15-18)16-24(2,3)29-22/h5-15H,4,16H2,1-3H3. The lowest BCUT2D eigenvalue weighted by atomic mass is 9.98. The van der Waals surface area contributed by atoms with Crippen molar-refractivity contribution in [3.05, 3.63) is 77.6 Å². The highest BCUT2D eigenvalue weighted by Gasteiger charge is 2.30. The van der Waals surface area contributed by atoms with Gasteiger partial charge in [0.25, 0.3) is 0 Å². The van der Waals surface area contributed by atoms with E-state index in [4.69, 9.17) is 9.47 Å². The fourth-order valence-corrected chi connectivity index (χ4v) is 3.53. The van der Waals surface area contributed by atoms with Crippen molar-refractivity contribution in [1.82, 2.24) is 9.78 Å². The number of nitrogens with zero attached hydrogens (tertiary/aromatic N) is 2. The molecule has 0 saturated heterocycles. The second-order valence-corrected chi connectivity index (χ2v) is 7.67. The van der Waals surface area contributed by atoms with Crippen molar-refractivity contribution in [2.45, 2.75) is 32.8 Å². The number of carbonyl (C=O) groups is 1. The minimum absolute atomic E-state index is 0.0879. The number of allylic oxidation sites excluding steroid dienone is 1. The lowest BCUT2D eigenvalue weighted by Gasteiger charge is -2.16.